The number of aliphatic hydroxyl groups excluding tert-OH is 1. The second-order valence-corrected chi connectivity index (χ2v) is 4.83. The van der Waals surface area contributed by atoms with Crippen LogP contribution in [0.2, 0.25) is 0 Å². The third kappa shape index (κ3) is 3.64. The standard InChI is InChI=1S/C15H22O3/c1-2-17-13-8-5-9-14(10-13)18-11-15(16)12-6-3-4-7-12/h5,8-10,12,15-16H,2-4,6-7,11H2,1H3. The maximum absolute atomic E-state index is 10.0. The van der Waals surface area contributed by atoms with Crippen LogP contribution in [-0.2, 0) is 0 Å². The van der Waals surface area contributed by atoms with E-state index in [1.165, 1.54) is 12.8 Å². The normalized spacial score (nSPS) is 17.7. The molecule has 1 aromatic rings. The minimum Gasteiger partial charge on any atom is -0.494 e. The smallest absolute Gasteiger partial charge is 0.123 e. The van der Waals surface area contributed by atoms with Gasteiger partial charge in [0.25, 0.3) is 0 Å². The molecule has 0 aromatic heterocycles. The highest BCUT2D eigenvalue weighted by Gasteiger charge is 2.23. The van der Waals surface area contributed by atoms with Gasteiger partial charge in [0.05, 0.1) is 12.7 Å². The van der Waals surface area contributed by atoms with Crippen LogP contribution in [0.1, 0.15) is 32.6 Å². The molecule has 0 saturated heterocycles. The van der Waals surface area contributed by atoms with Crippen molar-refractivity contribution in [2.75, 3.05) is 13.2 Å². The van der Waals surface area contributed by atoms with E-state index < -0.39 is 0 Å². The molecule has 1 fully saturated rings. The molecule has 0 heterocycles. The summed E-state index contributed by atoms with van der Waals surface area (Å²) in [7, 11) is 0. The van der Waals surface area contributed by atoms with Gasteiger partial charge in [-0.15, -0.1) is 0 Å². The first kappa shape index (κ1) is 13.2. The fourth-order valence-electron chi connectivity index (χ4n) is 2.48. The van der Waals surface area contributed by atoms with E-state index >= 15 is 0 Å². The summed E-state index contributed by atoms with van der Waals surface area (Å²) in [5, 5.41) is 10.0. The van der Waals surface area contributed by atoms with Gasteiger partial charge in [-0.2, -0.15) is 0 Å². The molecule has 18 heavy (non-hydrogen) atoms. The maximum Gasteiger partial charge on any atom is 0.123 e. The van der Waals surface area contributed by atoms with Crippen LogP contribution in [0.25, 0.3) is 0 Å². The topological polar surface area (TPSA) is 38.7 Å². The highest BCUT2D eigenvalue weighted by atomic mass is 16.5. The van der Waals surface area contributed by atoms with Gasteiger partial charge in [-0.3, -0.25) is 0 Å². The molecule has 0 radical (unpaired) electrons. The number of ether oxygens (including phenoxy) is 2. The third-order valence-corrected chi connectivity index (χ3v) is 3.48. The molecular weight excluding hydrogens is 228 g/mol. The first-order chi connectivity index (χ1) is 8.79. The van der Waals surface area contributed by atoms with E-state index in [1.54, 1.807) is 0 Å². The van der Waals surface area contributed by atoms with Gasteiger partial charge in [-0.05, 0) is 37.8 Å². The molecule has 2 rings (SSSR count). The van der Waals surface area contributed by atoms with E-state index in [0.29, 0.717) is 19.1 Å². The monoisotopic (exact) mass is 250 g/mol. The molecule has 1 aromatic carbocycles. The predicted molar refractivity (Wildman–Crippen MR) is 71.1 cm³/mol. The summed E-state index contributed by atoms with van der Waals surface area (Å²) in [6.45, 7) is 2.98. The van der Waals surface area contributed by atoms with Crippen LogP contribution in [0.15, 0.2) is 24.3 Å². The lowest BCUT2D eigenvalue weighted by atomic mass is 10.0. The summed E-state index contributed by atoms with van der Waals surface area (Å²) in [6, 6.07) is 7.57. The van der Waals surface area contributed by atoms with Crippen molar-refractivity contribution in [3.8, 4) is 11.5 Å². The lowest BCUT2D eigenvalue weighted by molar-refractivity contribution is 0.0592. The third-order valence-electron chi connectivity index (χ3n) is 3.48. The Kier molecular flexibility index (Phi) is 4.88. The van der Waals surface area contributed by atoms with E-state index in [9.17, 15) is 5.11 Å². The van der Waals surface area contributed by atoms with E-state index in [2.05, 4.69) is 0 Å². The Labute approximate surface area is 109 Å². The molecule has 1 aliphatic carbocycles. The molecule has 3 heteroatoms. The molecule has 0 amide bonds. The van der Waals surface area contributed by atoms with Crippen LogP contribution in [0.5, 0.6) is 11.5 Å². The summed E-state index contributed by atoms with van der Waals surface area (Å²) in [6.07, 6.45) is 4.39. The molecule has 0 bridgehead atoms. The zero-order valence-corrected chi connectivity index (χ0v) is 11.0. The largest absolute Gasteiger partial charge is 0.494 e. The Morgan fingerprint density at radius 3 is 2.56 bits per heavy atom. The van der Waals surface area contributed by atoms with Crippen LogP contribution < -0.4 is 9.47 Å². The van der Waals surface area contributed by atoms with Crippen LogP contribution in [0.3, 0.4) is 0 Å². The summed E-state index contributed by atoms with van der Waals surface area (Å²) in [5.74, 6) is 1.99. The van der Waals surface area contributed by atoms with Crippen molar-refractivity contribution in [3.05, 3.63) is 24.3 Å². The Hall–Kier alpha value is -1.22. The van der Waals surface area contributed by atoms with Crippen molar-refractivity contribution in [1.29, 1.82) is 0 Å². The minimum atomic E-state index is -0.344. The Morgan fingerprint density at radius 2 is 1.89 bits per heavy atom. The fourth-order valence-corrected chi connectivity index (χ4v) is 2.48. The van der Waals surface area contributed by atoms with Crippen LogP contribution >= 0.6 is 0 Å². The predicted octanol–water partition coefficient (Wildman–Crippen LogP) is 3.02. The van der Waals surface area contributed by atoms with Gasteiger partial charge in [0.1, 0.15) is 18.1 Å². The lowest BCUT2D eigenvalue weighted by Gasteiger charge is -2.18. The second-order valence-electron chi connectivity index (χ2n) is 4.83. The molecule has 1 aliphatic rings. The molecule has 0 spiro atoms. The molecule has 100 valence electrons. The maximum atomic E-state index is 10.0. The number of benzene rings is 1. The van der Waals surface area contributed by atoms with Gasteiger partial charge < -0.3 is 14.6 Å². The SMILES string of the molecule is CCOc1cccc(OCC(O)C2CCCC2)c1. The van der Waals surface area contributed by atoms with Crippen LogP contribution in [0.4, 0.5) is 0 Å². The fraction of sp³-hybridized carbons (Fsp3) is 0.600. The van der Waals surface area contributed by atoms with Crippen LogP contribution in [-0.4, -0.2) is 24.4 Å². The summed E-state index contributed by atoms with van der Waals surface area (Å²) in [5.41, 5.74) is 0. The van der Waals surface area contributed by atoms with Gasteiger partial charge >= 0.3 is 0 Å². The highest BCUT2D eigenvalue weighted by Crippen LogP contribution is 2.28. The number of hydrogen-bond acceptors (Lipinski definition) is 3. The average Bonchev–Trinajstić information content (AvgIpc) is 2.91. The molecular formula is C15H22O3. The molecule has 1 saturated carbocycles. The second kappa shape index (κ2) is 6.64. The summed E-state index contributed by atoms with van der Waals surface area (Å²) < 4.78 is 11.0. The van der Waals surface area contributed by atoms with E-state index in [4.69, 9.17) is 9.47 Å². The zero-order chi connectivity index (χ0) is 12.8. The Morgan fingerprint density at radius 1 is 1.22 bits per heavy atom. The van der Waals surface area contributed by atoms with Gasteiger partial charge in [-0.1, -0.05) is 18.9 Å². The molecule has 1 unspecified atom stereocenters. The number of hydrogen-bond donors (Lipinski definition) is 1. The summed E-state index contributed by atoms with van der Waals surface area (Å²) >= 11 is 0. The van der Waals surface area contributed by atoms with Crippen molar-refractivity contribution >= 4 is 0 Å². The quantitative estimate of drug-likeness (QED) is 0.843. The summed E-state index contributed by atoms with van der Waals surface area (Å²) in [4.78, 5) is 0. The molecule has 0 aliphatic heterocycles. The van der Waals surface area contributed by atoms with Gasteiger partial charge in [0, 0.05) is 6.07 Å². The van der Waals surface area contributed by atoms with Gasteiger partial charge in [-0.25, -0.2) is 0 Å². The van der Waals surface area contributed by atoms with Crippen molar-refractivity contribution in [1.82, 2.24) is 0 Å². The number of aliphatic hydroxyl groups is 1. The Bertz CT molecular complexity index is 359. The number of rotatable bonds is 6. The lowest BCUT2D eigenvalue weighted by Crippen LogP contribution is -2.25. The van der Waals surface area contributed by atoms with Crippen molar-refractivity contribution in [2.45, 2.75) is 38.7 Å². The molecule has 1 N–H and O–H groups in total. The van der Waals surface area contributed by atoms with E-state index in [1.807, 2.05) is 31.2 Å². The first-order valence-electron chi connectivity index (χ1n) is 6.83. The first-order valence-corrected chi connectivity index (χ1v) is 6.83. The minimum absolute atomic E-state index is 0.344. The molecule has 1 atom stereocenters. The Balaban J connectivity index is 1.83. The van der Waals surface area contributed by atoms with E-state index in [0.717, 1.165) is 24.3 Å². The van der Waals surface area contributed by atoms with Gasteiger partial charge in [0.2, 0.25) is 0 Å². The van der Waals surface area contributed by atoms with Crippen molar-refractivity contribution in [3.63, 3.8) is 0 Å². The average molecular weight is 250 g/mol. The molecule has 3 nitrogen and oxygen atoms in total. The highest BCUT2D eigenvalue weighted by molar-refractivity contribution is 5.32. The zero-order valence-electron chi connectivity index (χ0n) is 11.0. The van der Waals surface area contributed by atoms with E-state index in [-0.39, 0.29) is 6.10 Å². The van der Waals surface area contributed by atoms with Crippen molar-refractivity contribution in [2.24, 2.45) is 5.92 Å². The van der Waals surface area contributed by atoms with Crippen molar-refractivity contribution < 1.29 is 14.6 Å². The van der Waals surface area contributed by atoms with Crippen LogP contribution in [0, 0.1) is 5.92 Å². The van der Waals surface area contributed by atoms with Gasteiger partial charge in [0.15, 0.2) is 0 Å².